The minimum atomic E-state index is -4.45. The average Bonchev–Trinajstić information content (AvgIpc) is 2.41. The number of alkyl halides is 3. The Hall–Kier alpha value is -2.31. The van der Waals surface area contributed by atoms with Crippen LogP contribution in [0.4, 0.5) is 13.2 Å². The Morgan fingerprint density at radius 1 is 1.24 bits per heavy atom. The van der Waals surface area contributed by atoms with Crippen molar-refractivity contribution >= 4 is 18.0 Å². The minimum absolute atomic E-state index is 0.0565. The van der Waals surface area contributed by atoms with Gasteiger partial charge in [0.2, 0.25) is 0 Å². The fourth-order valence-electron chi connectivity index (χ4n) is 1.63. The maximum Gasteiger partial charge on any atom is 0.406 e. The van der Waals surface area contributed by atoms with E-state index in [1.54, 1.807) is 0 Å². The second-order valence-electron chi connectivity index (χ2n) is 4.23. The first-order valence-corrected chi connectivity index (χ1v) is 6.10. The number of carbonyl (C=O) groups is 2. The molecule has 114 valence electrons. The predicted octanol–water partition coefficient (Wildman–Crippen LogP) is 2.81. The Bertz CT molecular complexity index is 535. The van der Waals surface area contributed by atoms with Crippen LogP contribution in [0.1, 0.15) is 22.8 Å². The topological polar surface area (TPSA) is 57.6 Å². The van der Waals surface area contributed by atoms with Crippen LogP contribution in [0.3, 0.4) is 0 Å². The predicted molar refractivity (Wildman–Crippen MR) is 70.7 cm³/mol. The molecule has 0 atom stereocenters. The molecular formula is C14H14F3NO3. The Balaban J connectivity index is 2.85. The molecule has 0 heterocycles. The lowest BCUT2D eigenvalue weighted by Gasteiger charge is -2.22. The van der Waals surface area contributed by atoms with Gasteiger partial charge in [-0.1, -0.05) is 12.1 Å². The summed E-state index contributed by atoms with van der Waals surface area (Å²) in [5, 5.41) is 8.48. The van der Waals surface area contributed by atoms with Crippen molar-refractivity contribution in [2.24, 2.45) is 0 Å². The van der Waals surface area contributed by atoms with Crippen LogP contribution >= 0.6 is 0 Å². The Kier molecular flexibility index (Phi) is 5.52. The van der Waals surface area contributed by atoms with Gasteiger partial charge in [-0.15, -0.1) is 0 Å². The van der Waals surface area contributed by atoms with E-state index in [0.717, 1.165) is 6.08 Å². The van der Waals surface area contributed by atoms with Crippen molar-refractivity contribution in [1.29, 1.82) is 0 Å². The van der Waals surface area contributed by atoms with Gasteiger partial charge in [0, 0.05) is 18.2 Å². The molecule has 7 heteroatoms. The van der Waals surface area contributed by atoms with Gasteiger partial charge in [0.05, 0.1) is 0 Å². The molecule has 0 radical (unpaired) electrons. The fraction of sp³-hybridized carbons (Fsp3) is 0.286. The van der Waals surface area contributed by atoms with E-state index in [9.17, 15) is 22.8 Å². The van der Waals surface area contributed by atoms with E-state index in [1.165, 1.54) is 37.3 Å². The molecule has 0 spiro atoms. The van der Waals surface area contributed by atoms with Crippen molar-refractivity contribution in [3.8, 4) is 0 Å². The molecule has 4 nitrogen and oxygen atoms in total. The van der Waals surface area contributed by atoms with Gasteiger partial charge in [-0.2, -0.15) is 13.2 Å². The third-order valence-electron chi connectivity index (χ3n) is 2.62. The lowest BCUT2D eigenvalue weighted by atomic mass is 10.1. The molecule has 0 unspecified atom stereocenters. The molecule has 1 aromatic carbocycles. The highest BCUT2D eigenvalue weighted by Gasteiger charge is 2.32. The number of carboxylic acids is 1. The van der Waals surface area contributed by atoms with Crippen molar-refractivity contribution in [1.82, 2.24) is 4.90 Å². The maximum absolute atomic E-state index is 12.4. The van der Waals surface area contributed by atoms with Gasteiger partial charge in [0.1, 0.15) is 6.54 Å². The zero-order valence-corrected chi connectivity index (χ0v) is 11.2. The number of carboxylic acid groups (broad SMARTS) is 1. The van der Waals surface area contributed by atoms with Crippen molar-refractivity contribution in [2.45, 2.75) is 13.1 Å². The smallest absolute Gasteiger partial charge is 0.406 e. The molecule has 0 fully saturated rings. The molecule has 0 aliphatic carbocycles. The van der Waals surface area contributed by atoms with E-state index in [-0.39, 0.29) is 12.1 Å². The molecule has 0 saturated heterocycles. The largest absolute Gasteiger partial charge is 0.478 e. The average molecular weight is 301 g/mol. The maximum atomic E-state index is 12.4. The first-order valence-electron chi connectivity index (χ1n) is 6.10. The summed E-state index contributed by atoms with van der Waals surface area (Å²) in [6.45, 7) is 0.107. The summed E-state index contributed by atoms with van der Waals surface area (Å²) in [5.41, 5.74) is 0.654. The minimum Gasteiger partial charge on any atom is -0.478 e. The number of carbonyl (C=O) groups excluding carboxylic acids is 1. The van der Waals surface area contributed by atoms with Crippen LogP contribution in [-0.2, 0) is 4.79 Å². The third kappa shape index (κ3) is 5.68. The van der Waals surface area contributed by atoms with Crippen LogP contribution < -0.4 is 0 Å². The van der Waals surface area contributed by atoms with Crippen molar-refractivity contribution in [3.63, 3.8) is 0 Å². The summed E-state index contributed by atoms with van der Waals surface area (Å²) in [6, 6.07) is 5.66. The summed E-state index contributed by atoms with van der Waals surface area (Å²) < 4.78 is 37.1. The van der Waals surface area contributed by atoms with Gasteiger partial charge in [0.15, 0.2) is 0 Å². The van der Waals surface area contributed by atoms with E-state index in [4.69, 9.17) is 5.11 Å². The third-order valence-corrected chi connectivity index (χ3v) is 2.62. The standard InChI is InChI=1S/C14H14F3NO3/c1-2-18(9-14(15,16)17)13(21)11-6-3-10(4-7-11)5-8-12(19)20/h3-8H,2,9H2,1H3,(H,19,20). The Labute approximate surface area is 119 Å². The monoisotopic (exact) mass is 301 g/mol. The summed E-state index contributed by atoms with van der Waals surface area (Å²) >= 11 is 0. The van der Waals surface area contributed by atoms with E-state index < -0.39 is 24.6 Å². The number of amides is 1. The summed E-state index contributed by atoms with van der Waals surface area (Å²) in [7, 11) is 0. The van der Waals surface area contributed by atoms with Crippen LogP contribution in [0.25, 0.3) is 6.08 Å². The van der Waals surface area contributed by atoms with E-state index in [1.807, 2.05) is 0 Å². The number of aliphatic carboxylic acids is 1. The summed E-state index contributed by atoms with van der Waals surface area (Å²) in [6.07, 6.45) is -2.20. The molecule has 1 amide bonds. The van der Waals surface area contributed by atoms with E-state index in [2.05, 4.69) is 0 Å². The van der Waals surface area contributed by atoms with Gasteiger partial charge in [0.25, 0.3) is 5.91 Å². The van der Waals surface area contributed by atoms with Crippen LogP contribution in [0, 0.1) is 0 Å². The van der Waals surface area contributed by atoms with Crippen molar-refractivity contribution < 1.29 is 27.9 Å². The van der Waals surface area contributed by atoms with E-state index >= 15 is 0 Å². The second-order valence-corrected chi connectivity index (χ2v) is 4.23. The molecule has 0 bridgehead atoms. The first kappa shape index (κ1) is 16.7. The Morgan fingerprint density at radius 3 is 2.24 bits per heavy atom. The van der Waals surface area contributed by atoms with Gasteiger partial charge in [-0.25, -0.2) is 4.79 Å². The quantitative estimate of drug-likeness (QED) is 0.851. The molecule has 21 heavy (non-hydrogen) atoms. The molecule has 0 aliphatic heterocycles. The number of benzene rings is 1. The molecule has 0 aliphatic rings. The van der Waals surface area contributed by atoms with Crippen LogP contribution in [0.2, 0.25) is 0 Å². The molecule has 0 saturated carbocycles. The zero-order valence-electron chi connectivity index (χ0n) is 11.2. The van der Waals surface area contributed by atoms with Crippen molar-refractivity contribution in [3.05, 3.63) is 41.5 Å². The van der Waals surface area contributed by atoms with Crippen LogP contribution in [-0.4, -0.2) is 41.1 Å². The van der Waals surface area contributed by atoms with Crippen LogP contribution in [0.5, 0.6) is 0 Å². The normalized spacial score (nSPS) is 11.6. The molecule has 1 N–H and O–H groups in total. The number of halogens is 3. The van der Waals surface area contributed by atoms with E-state index in [0.29, 0.717) is 10.5 Å². The van der Waals surface area contributed by atoms with Gasteiger partial charge in [-0.05, 0) is 30.7 Å². The van der Waals surface area contributed by atoms with Crippen molar-refractivity contribution in [2.75, 3.05) is 13.1 Å². The number of hydrogen-bond donors (Lipinski definition) is 1. The van der Waals surface area contributed by atoms with Crippen LogP contribution in [0.15, 0.2) is 30.3 Å². The molecule has 0 aromatic heterocycles. The summed E-state index contributed by atoms with van der Waals surface area (Å²) in [5.74, 6) is -1.83. The van der Waals surface area contributed by atoms with Gasteiger partial charge < -0.3 is 10.0 Å². The highest BCUT2D eigenvalue weighted by atomic mass is 19.4. The second kappa shape index (κ2) is 6.92. The SMILES string of the molecule is CCN(CC(F)(F)F)C(=O)c1ccc(C=CC(=O)O)cc1. The molecular weight excluding hydrogens is 287 g/mol. The summed E-state index contributed by atoms with van der Waals surface area (Å²) in [4.78, 5) is 23.0. The number of rotatable bonds is 5. The first-order chi connectivity index (χ1) is 9.73. The lowest BCUT2D eigenvalue weighted by Crippen LogP contribution is -2.38. The zero-order chi connectivity index (χ0) is 16.0. The molecule has 1 aromatic rings. The number of nitrogens with zero attached hydrogens (tertiary/aromatic N) is 1. The highest BCUT2D eigenvalue weighted by Crippen LogP contribution is 2.18. The Morgan fingerprint density at radius 2 is 1.81 bits per heavy atom. The van der Waals surface area contributed by atoms with Gasteiger partial charge >= 0.3 is 12.1 Å². The van der Waals surface area contributed by atoms with Gasteiger partial charge in [-0.3, -0.25) is 4.79 Å². The highest BCUT2D eigenvalue weighted by molar-refractivity contribution is 5.94. The number of hydrogen-bond acceptors (Lipinski definition) is 2. The fourth-order valence-corrected chi connectivity index (χ4v) is 1.63. The molecule has 1 rings (SSSR count). The lowest BCUT2D eigenvalue weighted by molar-refractivity contribution is -0.140.